The van der Waals surface area contributed by atoms with Crippen LogP contribution in [0.15, 0.2) is 28.6 Å². The van der Waals surface area contributed by atoms with Gasteiger partial charge in [0.15, 0.2) is 4.34 Å². The minimum atomic E-state index is -0.186. The lowest BCUT2D eigenvalue weighted by atomic mass is 9.78. The van der Waals surface area contributed by atoms with Gasteiger partial charge in [-0.3, -0.25) is 4.79 Å². The van der Waals surface area contributed by atoms with Crippen LogP contribution in [0.1, 0.15) is 45.6 Å². The summed E-state index contributed by atoms with van der Waals surface area (Å²) in [5.41, 5.74) is 2.18. The number of para-hydroxylation sites is 1. The number of rotatable bonds is 6. The summed E-state index contributed by atoms with van der Waals surface area (Å²) in [5, 5.41) is 15.5. The largest absolute Gasteiger partial charge is 0.352 e. The molecule has 1 aliphatic rings. The van der Waals surface area contributed by atoms with Crippen molar-refractivity contribution >= 4 is 39.8 Å². The molecule has 4 atom stereocenters. The summed E-state index contributed by atoms with van der Waals surface area (Å²) in [6.45, 7) is 8.53. The average molecular weight is 405 g/mol. The number of carbonyl (C=O) groups excluding carboxylic acids is 1. The molecule has 1 aliphatic carbocycles. The number of carbonyl (C=O) groups is 1. The van der Waals surface area contributed by atoms with E-state index in [-0.39, 0.29) is 17.2 Å². The third-order valence-electron chi connectivity index (χ3n) is 5.47. The molecule has 27 heavy (non-hydrogen) atoms. The zero-order valence-corrected chi connectivity index (χ0v) is 18.0. The van der Waals surface area contributed by atoms with Crippen molar-refractivity contribution in [1.29, 1.82) is 0 Å². The lowest BCUT2D eigenvalue weighted by Crippen LogP contribution is -2.46. The summed E-state index contributed by atoms with van der Waals surface area (Å²) < 4.78 is 0.804. The van der Waals surface area contributed by atoms with Gasteiger partial charge in [-0.15, -0.1) is 10.2 Å². The number of thioether (sulfide) groups is 1. The second-order valence-corrected chi connectivity index (χ2v) is 10.0. The molecule has 7 heteroatoms. The molecule has 1 amide bonds. The van der Waals surface area contributed by atoms with Crippen LogP contribution in [0.4, 0.5) is 10.8 Å². The number of aryl methyl sites for hydroxylation is 1. The summed E-state index contributed by atoms with van der Waals surface area (Å²) in [5.74, 6) is 1.30. The van der Waals surface area contributed by atoms with Gasteiger partial charge in [-0.05, 0) is 43.7 Å². The third-order valence-corrected chi connectivity index (χ3v) is 7.50. The van der Waals surface area contributed by atoms with Crippen molar-refractivity contribution in [3.8, 4) is 0 Å². The van der Waals surface area contributed by atoms with Crippen molar-refractivity contribution in [2.24, 2.45) is 11.8 Å². The van der Waals surface area contributed by atoms with Crippen LogP contribution >= 0.6 is 23.1 Å². The lowest BCUT2D eigenvalue weighted by Gasteiger charge is -2.35. The fourth-order valence-corrected chi connectivity index (χ4v) is 5.34. The highest BCUT2D eigenvalue weighted by atomic mass is 32.2. The Kier molecular flexibility index (Phi) is 6.76. The number of hydrogen-bond donors (Lipinski definition) is 2. The molecule has 1 aromatic heterocycles. The third kappa shape index (κ3) is 5.23. The molecule has 0 aliphatic heterocycles. The molecule has 3 rings (SSSR count). The first-order valence-corrected chi connectivity index (χ1v) is 11.3. The Morgan fingerprint density at radius 2 is 2.04 bits per heavy atom. The molecule has 0 spiro atoms. The van der Waals surface area contributed by atoms with Crippen LogP contribution in [-0.4, -0.2) is 27.4 Å². The molecule has 2 aromatic rings. The molecule has 5 nitrogen and oxygen atoms in total. The van der Waals surface area contributed by atoms with E-state index < -0.39 is 0 Å². The Balaban J connectivity index is 1.55. The number of anilines is 2. The minimum Gasteiger partial charge on any atom is -0.352 e. The predicted octanol–water partition coefficient (Wildman–Crippen LogP) is 5.01. The fraction of sp³-hybridized carbons (Fsp3) is 0.550. The highest BCUT2D eigenvalue weighted by Gasteiger charge is 2.29. The Hall–Kier alpha value is -1.60. The van der Waals surface area contributed by atoms with Crippen LogP contribution in [0.3, 0.4) is 0 Å². The monoisotopic (exact) mass is 404 g/mol. The average Bonchev–Trinajstić information content (AvgIpc) is 3.08. The highest BCUT2D eigenvalue weighted by Crippen LogP contribution is 2.32. The summed E-state index contributed by atoms with van der Waals surface area (Å²) in [6.07, 6.45) is 3.54. The maximum absolute atomic E-state index is 12.6. The number of nitrogens with one attached hydrogen (secondary N) is 2. The van der Waals surface area contributed by atoms with Gasteiger partial charge >= 0.3 is 0 Å². The highest BCUT2D eigenvalue weighted by molar-refractivity contribution is 8.02. The van der Waals surface area contributed by atoms with Crippen molar-refractivity contribution in [2.75, 3.05) is 5.32 Å². The van der Waals surface area contributed by atoms with Crippen molar-refractivity contribution in [3.63, 3.8) is 0 Å². The minimum absolute atomic E-state index is 0.0922. The summed E-state index contributed by atoms with van der Waals surface area (Å²) in [4.78, 5) is 12.6. The van der Waals surface area contributed by atoms with Crippen LogP contribution in [0.25, 0.3) is 0 Å². The van der Waals surface area contributed by atoms with Gasteiger partial charge in [0.05, 0.1) is 5.25 Å². The Morgan fingerprint density at radius 1 is 1.26 bits per heavy atom. The van der Waals surface area contributed by atoms with Gasteiger partial charge in [0.2, 0.25) is 11.0 Å². The molecule has 0 radical (unpaired) electrons. The van der Waals surface area contributed by atoms with Crippen molar-refractivity contribution in [2.45, 2.75) is 62.6 Å². The smallest absolute Gasteiger partial charge is 0.233 e. The molecule has 1 saturated carbocycles. The molecule has 0 saturated heterocycles. The number of benzene rings is 1. The van der Waals surface area contributed by atoms with E-state index in [2.05, 4.69) is 47.7 Å². The van der Waals surface area contributed by atoms with E-state index in [1.165, 1.54) is 35.9 Å². The van der Waals surface area contributed by atoms with Crippen molar-refractivity contribution in [1.82, 2.24) is 15.5 Å². The van der Waals surface area contributed by atoms with Gasteiger partial charge in [0.25, 0.3) is 0 Å². The molecule has 0 bridgehead atoms. The summed E-state index contributed by atoms with van der Waals surface area (Å²) >= 11 is 2.95. The lowest BCUT2D eigenvalue weighted by molar-refractivity contribution is -0.121. The van der Waals surface area contributed by atoms with E-state index in [9.17, 15) is 4.79 Å². The van der Waals surface area contributed by atoms with E-state index >= 15 is 0 Å². The zero-order valence-electron chi connectivity index (χ0n) is 16.4. The van der Waals surface area contributed by atoms with Gasteiger partial charge in [-0.1, -0.05) is 68.0 Å². The van der Waals surface area contributed by atoms with E-state index in [4.69, 9.17) is 0 Å². The van der Waals surface area contributed by atoms with Gasteiger partial charge in [0, 0.05) is 11.7 Å². The van der Waals surface area contributed by atoms with E-state index in [0.29, 0.717) is 11.8 Å². The molecule has 2 N–H and O–H groups in total. The molecular formula is C20H28N4OS2. The summed E-state index contributed by atoms with van der Waals surface area (Å²) in [7, 11) is 0. The zero-order chi connectivity index (χ0) is 19.4. The Morgan fingerprint density at radius 3 is 2.81 bits per heavy atom. The van der Waals surface area contributed by atoms with Crippen LogP contribution < -0.4 is 10.6 Å². The van der Waals surface area contributed by atoms with Crippen LogP contribution in [0.2, 0.25) is 0 Å². The first-order chi connectivity index (χ1) is 12.9. The van der Waals surface area contributed by atoms with Crippen molar-refractivity contribution in [3.05, 3.63) is 29.8 Å². The van der Waals surface area contributed by atoms with Crippen molar-refractivity contribution < 1.29 is 4.79 Å². The number of aromatic nitrogens is 2. The number of nitrogens with zero attached hydrogens (tertiary/aromatic N) is 2. The van der Waals surface area contributed by atoms with E-state index in [0.717, 1.165) is 27.1 Å². The fourth-order valence-electron chi connectivity index (χ4n) is 3.43. The SMILES string of the molecule is Cc1ccccc1Nc1nnc(S[C@H](C)C(=O)N[C@H]2CCC[C@H](C)[C@H]2C)s1. The topological polar surface area (TPSA) is 66.9 Å². The molecular weight excluding hydrogens is 376 g/mol. The standard InChI is InChI=1S/C20H28N4OS2/c1-12-9-7-11-17(14(12)3)21-18(25)15(4)26-20-24-23-19(27-20)22-16-10-6-5-8-13(16)2/h5-6,8,10,12,14-15,17H,7,9,11H2,1-4H3,(H,21,25)(H,22,23)/t12-,14+,15+,17-/m0/s1. The first kappa shape index (κ1) is 20.1. The predicted molar refractivity (Wildman–Crippen MR) is 114 cm³/mol. The Labute approximate surface area is 169 Å². The Bertz CT molecular complexity index is 779. The normalized spacial score (nSPS) is 23.6. The van der Waals surface area contributed by atoms with Gasteiger partial charge in [0.1, 0.15) is 0 Å². The number of amides is 1. The second-order valence-electron chi connectivity index (χ2n) is 7.46. The maximum Gasteiger partial charge on any atom is 0.233 e. The first-order valence-electron chi connectivity index (χ1n) is 9.57. The summed E-state index contributed by atoms with van der Waals surface area (Å²) in [6, 6.07) is 8.36. The molecule has 146 valence electrons. The van der Waals surface area contributed by atoms with Crippen LogP contribution in [-0.2, 0) is 4.79 Å². The van der Waals surface area contributed by atoms with Crippen LogP contribution in [0.5, 0.6) is 0 Å². The maximum atomic E-state index is 12.6. The molecule has 0 unspecified atom stereocenters. The van der Waals surface area contributed by atoms with Gasteiger partial charge in [-0.2, -0.15) is 0 Å². The molecule has 1 heterocycles. The quantitative estimate of drug-likeness (QED) is 0.662. The van der Waals surface area contributed by atoms with E-state index in [1.807, 2.05) is 25.1 Å². The molecule has 1 fully saturated rings. The second kappa shape index (κ2) is 9.06. The van der Waals surface area contributed by atoms with E-state index in [1.54, 1.807) is 0 Å². The van der Waals surface area contributed by atoms with Gasteiger partial charge < -0.3 is 10.6 Å². The van der Waals surface area contributed by atoms with Crippen LogP contribution in [0, 0.1) is 18.8 Å². The molecule has 1 aromatic carbocycles. The number of hydrogen-bond acceptors (Lipinski definition) is 6. The van der Waals surface area contributed by atoms with Gasteiger partial charge in [-0.25, -0.2) is 0 Å².